The molecule has 2 aromatic carbocycles. The Hall–Kier alpha value is -2.95. The number of para-hydroxylation sites is 1. The van der Waals surface area contributed by atoms with Crippen LogP contribution in [0.1, 0.15) is 16.7 Å². The molecule has 1 aliphatic rings. The van der Waals surface area contributed by atoms with Crippen molar-refractivity contribution in [1.29, 1.82) is 0 Å². The van der Waals surface area contributed by atoms with Crippen LogP contribution in [-0.4, -0.2) is 21.4 Å². The third kappa shape index (κ3) is 3.95. The first-order valence-electron chi connectivity index (χ1n) is 9.80. The molecule has 1 aliphatic heterocycles. The molecule has 0 spiro atoms. The lowest BCUT2D eigenvalue weighted by Crippen LogP contribution is -2.30. The Morgan fingerprint density at radius 3 is 2.76 bits per heavy atom. The zero-order chi connectivity index (χ0) is 19.6. The van der Waals surface area contributed by atoms with Crippen LogP contribution in [-0.2, 0) is 19.5 Å². The average molecular weight is 401 g/mol. The van der Waals surface area contributed by atoms with E-state index in [1.165, 1.54) is 16.7 Å². The predicted molar refractivity (Wildman–Crippen MR) is 119 cm³/mol. The number of hydrogen-bond donors (Lipinski definition) is 1. The van der Waals surface area contributed by atoms with Crippen molar-refractivity contribution >= 4 is 34.0 Å². The van der Waals surface area contributed by atoms with Gasteiger partial charge in [0.25, 0.3) is 0 Å². The van der Waals surface area contributed by atoms with Gasteiger partial charge in [0.15, 0.2) is 0 Å². The Morgan fingerprint density at radius 2 is 1.86 bits per heavy atom. The van der Waals surface area contributed by atoms with E-state index >= 15 is 0 Å². The van der Waals surface area contributed by atoms with Crippen LogP contribution in [0.15, 0.2) is 73.1 Å². The first kappa shape index (κ1) is 18.1. The van der Waals surface area contributed by atoms with Crippen LogP contribution in [0.25, 0.3) is 10.9 Å². The van der Waals surface area contributed by atoms with Crippen molar-refractivity contribution in [3.8, 4) is 0 Å². The third-order valence-corrected chi connectivity index (χ3v) is 5.65. The van der Waals surface area contributed by atoms with Crippen molar-refractivity contribution in [3.05, 3.63) is 94.8 Å². The van der Waals surface area contributed by atoms with Gasteiger partial charge in [0.1, 0.15) is 5.82 Å². The van der Waals surface area contributed by atoms with Crippen LogP contribution in [0, 0.1) is 0 Å². The molecule has 0 fully saturated rings. The summed E-state index contributed by atoms with van der Waals surface area (Å²) in [5.74, 6) is 0.936. The quantitative estimate of drug-likeness (QED) is 0.485. The van der Waals surface area contributed by atoms with Gasteiger partial charge in [-0.25, -0.2) is 4.98 Å². The minimum absolute atomic E-state index is 0.780. The summed E-state index contributed by atoms with van der Waals surface area (Å²) in [5.41, 5.74) is 5.88. The summed E-state index contributed by atoms with van der Waals surface area (Å²) < 4.78 is 0. The number of nitrogens with zero attached hydrogens (tertiary/aromatic N) is 3. The zero-order valence-corrected chi connectivity index (χ0v) is 16.7. The largest absolute Gasteiger partial charge is 0.339 e. The number of benzene rings is 2. The van der Waals surface area contributed by atoms with Gasteiger partial charge in [-0.3, -0.25) is 9.88 Å². The van der Waals surface area contributed by atoms with Gasteiger partial charge in [-0.15, -0.1) is 0 Å². The van der Waals surface area contributed by atoms with Gasteiger partial charge in [-0.2, -0.15) is 0 Å². The van der Waals surface area contributed by atoms with E-state index < -0.39 is 0 Å². The van der Waals surface area contributed by atoms with Gasteiger partial charge in [0, 0.05) is 41.8 Å². The topological polar surface area (TPSA) is 41.1 Å². The molecule has 0 saturated heterocycles. The summed E-state index contributed by atoms with van der Waals surface area (Å²) in [6.45, 7) is 2.85. The average Bonchev–Trinajstić information content (AvgIpc) is 2.75. The van der Waals surface area contributed by atoms with Crippen molar-refractivity contribution < 1.29 is 0 Å². The normalized spacial score (nSPS) is 14.0. The maximum absolute atomic E-state index is 6.01. The number of hydrogen-bond acceptors (Lipinski definition) is 4. The van der Waals surface area contributed by atoms with Gasteiger partial charge in [-0.1, -0.05) is 41.9 Å². The number of pyridine rings is 2. The molecule has 0 amide bonds. The van der Waals surface area contributed by atoms with E-state index in [2.05, 4.69) is 50.5 Å². The summed E-state index contributed by atoms with van der Waals surface area (Å²) >= 11 is 6.01. The molecule has 4 aromatic rings. The van der Waals surface area contributed by atoms with E-state index in [1.54, 1.807) is 0 Å². The van der Waals surface area contributed by atoms with Crippen molar-refractivity contribution in [1.82, 2.24) is 14.9 Å². The molecular formula is C24H21ClN4. The van der Waals surface area contributed by atoms with Crippen molar-refractivity contribution in [3.63, 3.8) is 0 Å². The fourth-order valence-corrected chi connectivity index (χ4v) is 4.04. The molecule has 5 heteroatoms. The molecule has 0 aliphatic carbocycles. The molecule has 0 unspecified atom stereocenters. The van der Waals surface area contributed by atoms with Crippen LogP contribution in [0.4, 0.5) is 11.5 Å². The number of nitrogens with one attached hydrogen (secondary N) is 1. The third-order valence-electron chi connectivity index (χ3n) is 5.40. The van der Waals surface area contributed by atoms with Crippen LogP contribution in [0.3, 0.4) is 0 Å². The Kier molecular flexibility index (Phi) is 4.88. The highest BCUT2D eigenvalue weighted by Crippen LogP contribution is 2.28. The van der Waals surface area contributed by atoms with E-state index in [1.807, 2.05) is 42.7 Å². The number of fused-ring (bicyclic) bond motifs is 2. The predicted octanol–water partition coefficient (Wildman–Crippen LogP) is 5.59. The minimum Gasteiger partial charge on any atom is -0.339 e. The van der Waals surface area contributed by atoms with E-state index in [0.29, 0.717) is 0 Å². The Labute approximate surface area is 175 Å². The smallest absolute Gasteiger partial charge is 0.133 e. The number of rotatable bonds is 4. The summed E-state index contributed by atoms with van der Waals surface area (Å²) in [6, 6.07) is 20.5. The van der Waals surface area contributed by atoms with Gasteiger partial charge in [0.05, 0.1) is 17.4 Å². The molecule has 1 N–H and O–H groups in total. The number of aromatic nitrogens is 2. The second-order valence-corrected chi connectivity index (χ2v) is 7.86. The molecule has 29 heavy (non-hydrogen) atoms. The van der Waals surface area contributed by atoms with Crippen LogP contribution in [0.2, 0.25) is 5.02 Å². The first-order valence-corrected chi connectivity index (χ1v) is 10.2. The Balaban J connectivity index is 1.35. The fourth-order valence-electron chi connectivity index (χ4n) is 3.92. The maximum atomic E-state index is 6.01. The van der Waals surface area contributed by atoms with Gasteiger partial charge >= 0.3 is 0 Å². The highest BCUT2D eigenvalue weighted by molar-refractivity contribution is 6.30. The van der Waals surface area contributed by atoms with Crippen molar-refractivity contribution in [2.24, 2.45) is 0 Å². The molecular weight excluding hydrogens is 380 g/mol. The molecule has 0 radical (unpaired) electrons. The lowest BCUT2D eigenvalue weighted by molar-refractivity contribution is 0.245. The summed E-state index contributed by atoms with van der Waals surface area (Å²) in [7, 11) is 0. The molecule has 144 valence electrons. The summed E-state index contributed by atoms with van der Waals surface area (Å²) in [4.78, 5) is 11.6. The second-order valence-electron chi connectivity index (χ2n) is 7.43. The SMILES string of the molecule is Clc1ccc(CN2CCc3c(ccnc3Nc3cnc4ccccc4c3)C2)cc1. The summed E-state index contributed by atoms with van der Waals surface area (Å²) in [6.07, 6.45) is 4.74. The van der Waals surface area contributed by atoms with E-state index in [-0.39, 0.29) is 0 Å². The fraction of sp³-hybridized carbons (Fsp3) is 0.167. The lowest BCUT2D eigenvalue weighted by Gasteiger charge is -2.29. The minimum atomic E-state index is 0.780. The van der Waals surface area contributed by atoms with E-state index in [9.17, 15) is 0 Å². The molecule has 0 atom stereocenters. The van der Waals surface area contributed by atoms with Gasteiger partial charge in [0.2, 0.25) is 0 Å². The Morgan fingerprint density at radius 1 is 1.00 bits per heavy atom. The van der Waals surface area contributed by atoms with Crippen LogP contribution in [0.5, 0.6) is 0 Å². The maximum Gasteiger partial charge on any atom is 0.133 e. The van der Waals surface area contributed by atoms with Crippen LogP contribution >= 0.6 is 11.6 Å². The highest BCUT2D eigenvalue weighted by atomic mass is 35.5. The molecule has 5 rings (SSSR count). The van der Waals surface area contributed by atoms with Crippen molar-refractivity contribution in [2.75, 3.05) is 11.9 Å². The molecule has 2 aromatic heterocycles. The molecule has 0 saturated carbocycles. The van der Waals surface area contributed by atoms with Gasteiger partial charge < -0.3 is 5.32 Å². The lowest BCUT2D eigenvalue weighted by atomic mass is 10.00. The first-order chi connectivity index (χ1) is 14.2. The Bertz CT molecular complexity index is 1160. The number of halogens is 1. The van der Waals surface area contributed by atoms with Gasteiger partial charge in [-0.05, 0) is 47.9 Å². The zero-order valence-electron chi connectivity index (χ0n) is 16.0. The standard InChI is InChI=1S/C24H21ClN4/c25-20-7-5-17(6-8-20)15-29-12-10-22-19(16-29)9-11-26-24(22)28-21-13-18-3-1-2-4-23(18)27-14-21/h1-9,11,13-14H,10,12,15-16H2,(H,26,28). The monoisotopic (exact) mass is 400 g/mol. The molecule has 4 nitrogen and oxygen atoms in total. The second kappa shape index (κ2) is 7.82. The van der Waals surface area contributed by atoms with Crippen LogP contribution < -0.4 is 5.32 Å². The van der Waals surface area contributed by atoms with E-state index in [0.717, 1.165) is 53.5 Å². The molecule has 3 heterocycles. The van der Waals surface area contributed by atoms with Crippen molar-refractivity contribution in [2.45, 2.75) is 19.5 Å². The molecule has 0 bridgehead atoms. The summed E-state index contributed by atoms with van der Waals surface area (Å²) in [5, 5.41) is 5.39. The highest BCUT2D eigenvalue weighted by Gasteiger charge is 2.20. The number of anilines is 2. The van der Waals surface area contributed by atoms with E-state index in [4.69, 9.17) is 11.6 Å².